The molecule has 3 aliphatic carbocycles. The van der Waals surface area contributed by atoms with Gasteiger partial charge in [0.2, 0.25) is 0 Å². The second-order valence-electron chi connectivity index (χ2n) is 8.18. The lowest BCUT2D eigenvalue weighted by molar-refractivity contribution is -0.154. The SMILES string of the molecule is C=C(C)C(=O)OC(C1CCCCC1)C1CC2CCCC(C2)C1. The molecule has 0 radical (unpaired) electrons. The van der Waals surface area contributed by atoms with E-state index in [0.29, 0.717) is 17.4 Å². The zero-order chi connectivity index (χ0) is 15.5. The Kier molecular flexibility index (Phi) is 5.25. The number of carbonyl (C=O) groups is 1. The topological polar surface area (TPSA) is 26.3 Å². The van der Waals surface area contributed by atoms with Crippen molar-refractivity contribution in [2.45, 2.75) is 83.7 Å². The maximum Gasteiger partial charge on any atom is 0.333 e. The predicted molar refractivity (Wildman–Crippen MR) is 89.4 cm³/mol. The summed E-state index contributed by atoms with van der Waals surface area (Å²) >= 11 is 0. The van der Waals surface area contributed by atoms with Crippen LogP contribution in [0.5, 0.6) is 0 Å². The lowest BCUT2D eigenvalue weighted by Crippen LogP contribution is -2.40. The molecule has 22 heavy (non-hydrogen) atoms. The van der Waals surface area contributed by atoms with E-state index in [1.807, 2.05) is 0 Å². The van der Waals surface area contributed by atoms with Crippen LogP contribution in [-0.2, 0) is 9.53 Å². The monoisotopic (exact) mass is 304 g/mol. The number of fused-ring (bicyclic) bond motifs is 2. The van der Waals surface area contributed by atoms with Gasteiger partial charge in [0.1, 0.15) is 6.10 Å². The minimum absolute atomic E-state index is 0.160. The highest BCUT2D eigenvalue weighted by Gasteiger charge is 2.40. The van der Waals surface area contributed by atoms with E-state index in [9.17, 15) is 4.79 Å². The second kappa shape index (κ2) is 7.19. The highest BCUT2D eigenvalue weighted by Crippen LogP contribution is 2.46. The number of rotatable bonds is 4. The minimum Gasteiger partial charge on any atom is -0.458 e. The third-order valence-electron chi connectivity index (χ3n) is 6.33. The Morgan fingerprint density at radius 3 is 2.14 bits per heavy atom. The van der Waals surface area contributed by atoms with E-state index in [-0.39, 0.29) is 12.1 Å². The minimum atomic E-state index is -0.161. The van der Waals surface area contributed by atoms with Gasteiger partial charge in [0.25, 0.3) is 0 Å². The van der Waals surface area contributed by atoms with Crippen molar-refractivity contribution in [1.29, 1.82) is 0 Å². The first-order valence-electron chi connectivity index (χ1n) is 9.50. The molecule has 3 atom stereocenters. The van der Waals surface area contributed by atoms with Gasteiger partial charge < -0.3 is 4.74 Å². The summed E-state index contributed by atoms with van der Waals surface area (Å²) in [6.07, 6.45) is 14.9. The lowest BCUT2D eigenvalue weighted by Gasteiger charge is -2.44. The van der Waals surface area contributed by atoms with Crippen LogP contribution in [-0.4, -0.2) is 12.1 Å². The molecule has 0 heterocycles. The van der Waals surface area contributed by atoms with Crippen LogP contribution in [0.1, 0.15) is 77.6 Å². The molecule has 2 nitrogen and oxygen atoms in total. The Labute approximate surface area is 135 Å². The van der Waals surface area contributed by atoms with E-state index >= 15 is 0 Å². The molecule has 3 fully saturated rings. The van der Waals surface area contributed by atoms with E-state index in [1.54, 1.807) is 6.92 Å². The molecule has 3 saturated carbocycles. The van der Waals surface area contributed by atoms with Gasteiger partial charge in [-0.05, 0) is 62.7 Å². The molecular formula is C20H32O2. The number of esters is 1. The maximum absolute atomic E-state index is 12.2. The first-order valence-corrected chi connectivity index (χ1v) is 9.50. The standard InChI is InChI=1S/C20H32O2/c1-14(2)20(21)22-19(17-9-4-3-5-10-17)18-12-15-7-6-8-16(11-15)13-18/h15-19H,1,3-13H2,2H3. The molecule has 0 spiro atoms. The van der Waals surface area contributed by atoms with Crippen LogP contribution >= 0.6 is 0 Å². The summed E-state index contributed by atoms with van der Waals surface area (Å²) < 4.78 is 6.02. The van der Waals surface area contributed by atoms with Gasteiger partial charge in [-0.1, -0.05) is 45.1 Å². The van der Waals surface area contributed by atoms with Crippen LogP contribution in [0.2, 0.25) is 0 Å². The second-order valence-corrected chi connectivity index (χ2v) is 8.18. The van der Waals surface area contributed by atoms with Crippen molar-refractivity contribution in [3.63, 3.8) is 0 Å². The van der Waals surface area contributed by atoms with Crippen molar-refractivity contribution in [2.75, 3.05) is 0 Å². The Morgan fingerprint density at radius 1 is 0.909 bits per heavy atom. The molecule has 3 unspecified atom stereocenters. The van der Waals surface area contributed by atoms with Gasteiger partial charge in [-0.25, -0.2) is 4.79 Å². The summed E-state index contributed by atoms with van der Waals surface area (Å²) in [4.78, 5) is 12.2. The summed E-state index contributed by atoms with van der Waals surface area (Å²) in [5.41, 5.74) is 0.553. The van der Waals surface area contributed by atoms with Gasteiger partial charge >= 0.3 is 5.97 Å². The van der Waals surface area contributed by atoms with Crippen molar-refractivity contribution in [1.82, 2.24) is 0 Å². The molecule has 2 bridgehead atoms. The third kappa shape index (κ3) is 3.75. The number of ether oxygens (including phenoxy) is 1. The van der Waals surface area contributed by atoms with Crippen LogP contribution in [0.25, 0.3) is 0 Å². The van der Waals surface area contributed by atoms with Gasteiger partial charge in [-0.2, -0.15) is 0 Å². The summed E-state index contributed by atoms with van der Waals surface area (Å²) in [7, 11) is 0. The van der Waals surface area contributed by atoms with E-state index in [1.165, 1.54) is 70.6 Å². The quantitative estimate of drug-likeness (QED) is 0.522. The van der Waals surface area contributed by atoms with Gasteiger partial charge in [0, 0.05) is 5.57 Å². The molecule has 0 aromatic rings. The Hall–Kier alpha value is -0.790. The molecule has 0 aromatic carbocycles. The first kappa shape index (κ1) is 16.1. The largest absolute Gasteiger partial charge is 0.458 e. The molecule has 0 aliphatic heterocycles. The molecule has 2 heteroatoms. The number of hydrogen-bond donors (Lipinski definition) is 0. The average Bonchev–Trinajstić information content (AvgIpc) is 2.52. The number of hydrogen-bond acceptors (Lipinski definition) is 2. The highest BCUT2D eigenvalue weighted by molar-refractivity contribution is 5.87. The molecule has 124 valence electrons. The van der Waals surface area contributed by atoms with Crippen LogP contribution in [0.15, 0.2) is 12.2 Å². The molecule has 3 aliphatic rings. The van der Waals surface area contributed by atoms with E-state index in [4.69, 9.17) is 4.74 Å². The van der Waals surface area contributed by atoms with Gasteiger partial charge in [0.05, 0.1) is 0 Å². The summed E-state index contributed by atoms with van der Waals surface area (Å²) in [5, 5.41) is 0. The van der Waals surface area contributed by atoms with E-state index < -0.39 is 0 Å². The molecule has 0 saturated heterocycles. The Balaban J connectivity index is 1.71. The summed E-state index contributed by atoms with van der Waals surface area (Å²) in [6, 6.07) is 0. The van der Waals surface area contributed by atoms with E-state index in [0.717, 1.165) is 11.8 Å². The molecular weight excluding hydrogens is 272 g/mol. The van der Waals surface area contributed by atoms with Gasteiger partial charge in [0.15, 0.2) is 0 Å². The average molecular weight is 304 g/mol. The first-order chi connectivity index (χ1) is 10.6. The number of carbonyl (C=O) groups excluding carboxylic acids is 1. The van der Waals surface area contributed by atoms with Crippen molar-refractivity contribution in [3.05, 3.63) is 12.2 Å². The molecule has 0 amide bonds. The fourth-order valence-corrected chi connectivity index (χ4v) is 5.32. The normalized spacial score (nSPS) is 34.0. The van der Waals surface area contributed by atoms with Crippen LogP contribution in [0.3, 0.4) is 0 Å². The van der Waals surface area contributed by atoms with Crippen molar-refractivity contribution >= 4 is 5.97 Å². The summed E-state index contributed by atoms with van der Waals surface area (Å²) in [5.74, 6) is 2.84. The van der Waals surface area contributed by atoms with Gasteiger partial charge in [-0.3, -0.25) is 0 Å². The fourth-order valence-electron chi connectivity index (χ4n) is 5.32. The maximum atomic E-state index is 12.2. The van der Waals surface area contributed by atoms with Crippen molar-refractivity contribution < 1.29 is 9.53 Å². The molecule has 3 rings (SSSR count). The predicted octanol–water partition coefficient (Wildman–Crippen LogP) is 5.27. The third-order valence-corrected chi connectivity index (χ3v) is 6.33. The fraction of sp³-hybridized carbons (Fsp3) is 0.850. The summed E-state index contributed by atoms with van der Waals surface area (Å²) in [6.45, 7) is 5.55. The smallest absolute Gasteiger partial charge is 0.333 e. The van der Waals surface area contributed by atoms with E-state index in [2.05, 4.69) is 6.58 Å². The zero-order valence-corrected chi connectivity index (χ0v) is 14.2. The van der Waals surface area contributed by atoms with Crippen LogP contribution in [0.4, 0.5) is 0 Å². The van der Waals surface area contributed by atoms with Crippen molar-refractivity contribution in [3.8, 4) is 0 Å². The molecule has 0 aromatic heterocycles. The highest BCUT2D eigenvalue weighted by atomic mass is 16.5. The zero-order valence-electron chi connectivity index (χ0n) is 14.2. The lowest BCUT2D eigenvalue weighted by atomic mass is 9.64. The van der Waals surface area contributed by atoms with Crippen molar-refractivity contribution in [2.24, 2.45) is 23.7 Å². The molecule has 0 N–H and O–H groups in total. The van der Waals surface area contributed by atoms with Gasteiger partial charge in [-0.15, -0.1) is 0 Å². The van der Waals surface area contributed by atoms with Crippen LogP contribution in [0, 0.1) is 23.7 Å². The van der Waals surface area contributed by atoms with Crippen LogP contribution < -0.4 is 0 Å². The Morgan fingerprint density at radius 2 is 1.55 bits per heavy atom. The Bertz CT molecular complexity index is 396.